The minimum Gasteiger partial charge on any atom is -0.493 e. The molecule has 3 heteroatoms. The summed E-state index contributed by atoms with van der Waals surface area (Å²) < 4.78 is 7.68. The van der Waals surface area contributed by atoms with Crippen LogP contribution in [-0.2, 0) is 7.05 Å². The number of nitrogens with zero attached hydrogens (tertiary/aromatic N) is 2. The fourth-order valence-corrected chi connectivity index (χ4v) is 1.65. The van der Waals surface area contributed by atoms with E-state index in [9.17, 15) is 0 Å². The van der Waals surface area contributed by atoms with E-state index in [1.165, 1.54) is 0 Å². The maximum Gasteiger partial charge on any atom is 0.120 e. The molecule has 1 aromatic heterocycles. The quantitative estimate of drug-likeness (QED) is 0.809. The van der Waals surface area contributed by atoms with Crippen molar-refractivity contribution >= 4 is 10.9 Å². The lowest BCUT2D eigenvalue weighted by Crippen LogP contribution is -2.14. The van der Waals surface area contributed by atoms with Gasteiger partial charge < -0.3 is 4.74 Å². The van der Waals surface area contributed by atoms with Gasteiger partial charge in [0.15, 0.2) is 0 Å². The van der Waals surface area contributed by atoms with E-state index < -0.39 is 0 Å². The van der Waals surface area contributed by atoms with Crippen LogP contribution in [0.5, 0.6) is 5.75 Å². The van der Waals surface area contributed by atoms with E-state index in [2.05, 4.69) is 38.0 Å². The van der Waals surface area contributed by atoms with Crippen LogP contribution >= 0.6 is 0 Å². The van der Waals surface area contributed by atoms with Crippen LogP contribution in [0.1, 0.15) is 20.8 Å². The van der Waals surface area contributed by atoms with Crippen LogP contribution in [0.2, 0.25) is 0 Å². The molecule has 0 radical (unpaired) electrons. The summed E-state index contributed by atoms with van der Waals surface area (Å²) in [5, 5.41) is 5.35. The molecule has 0 aliphatic heterocycles. The summed E-state index contributed by atoms with van der Waals surface area (Å²) in [7, 11) is 1.95. The Labute approximate surface area is 102 Å². The number of hydrogen-bond donors (Lipinski definition) is 0. The molecule has 17 heavy (non-hydrogen) atoms. The van der Waals surface area contributed by atoms with Crippen LogP contribution in [0.15, 0.2) is 24.4 Å². The number of ether oxygens (including phenoxy) is 1. The van der Waals surface area contributed by atoms with Crippen LogP contribution < -0.4 is 4.74 Å². The van der Waals surface area contributed by atoms with Gasteiger partial charge in [0, 0.05) is 12.4 Å². The summed E-state index contributed by atoms with van der Waals surface area (Å²) in [6, 6.07) is 6.12. The Bertz CT molecular complexity index is 502. The first-order valence-corrected chi connectivity index (χ1v) is 6.12. The van der Waals surface area contributed by atoms with Crippen molar-refractivity contribution < 1.29 is 4.74 Å². The smallest absolute Gasteiger partial charge is 0.120 e. The molecule has 1 unspecified atom stereocenters. The van der Waals surface area contributed by atoms with Crippen molar-refractivity contribution in [3.8, 4) is 5.75 Å². The molecule has 0 saturated carbocycles. The molecule has 2 rings (SSSR count). The molecule has 0 spiro atoms. The van der Waals surface area contributed by atoms with Gasteiger partial charge in [-0.15, -0.1) is 0 Å². The molecule has 3 nitrogen and oxygen atoms in total. The lowest BCUT2D eigenvalue weighted by molar-refractivity contribution is 0.223. The third-order valence-electron chi connectivity index (χ3n) is 3.37. The second-order valence-electron chi connectivity index (χ2n) is 5.02. The predicted molar refractivity (Wildman–Crippen MR) is 70.2 cm³/mol. The van der Waals surface area contributed by atoms with Gasteiger partial charge in [-0.05, 0) is 30.0 Å². The van der Waals surface area contributed by atoms with E-state index >= 15 is 0 Å². The van der Waals surface area contributed by atoms with Gasteiger partial charge in [0.05, 0.1) is 18.3 Å². The second-order valence-corrected chi connectivity index (χ2v) is 5.02. The molecule has 0 N–H and O–H groups in total. The Hall–Kier alpha value is -1.51. The largest absolute Gasteiger partial charge is 0.493 e. The molecule has 1 atom stereocenters. The lowest BCUT2D eigenvalue weighted by atomic mass is 9.99. The van der Waals surface area contributed by atoms with Gasteiger partial charge in [-0.3, -0.25) is 4.68 Å². The molecule has 0 bridgehead atoms. The third kappa shape index (κ3) is 2.60. The second kappa shape index (κ2) is 4.78. The third-order valence-corrected chi connectivity index (χ3v) is 3.37. The van der Waals surface area contributed by atoms with E-state index in [4.69, 9.17) is 4.74 Å². The molecular formula is C14H20N2O. The Morgan fingerprint density at radius 1 is 1.29 bits per heavy atom. The zero-order chi connectivity index (χ0) is 12.4. The maximum atomic E-state index is 5.81. The topological polar surface area (TPSA) is 27.1 Å². The monoisotopic (exact) mass is 232 g/mol. The van der Waals surface area contributed by atoms with E-state index in [-0.39, 0.29) is 0 Å². The van der Waals surface area contributed by atoms with Crippen molar-refractivity contribution in [1.82, 2.24) is 9.78 Å². The van der Waals surface area contributed by atoms with Crippen molar-refractivity contribution in [2.24, 2.45) is 18.9 Å². The summed E-state index contributed by atoms with van der Waals surface area (Å²) in [4.78, 5) is 0. The SMILES string of the molecule is CC(C)C(C)COc1ccc2c(cnn2C)c1. The highest BCUT2D eigenvalue weighted by atomic mass is 16.5. The zero-order valence-electron chi connectivity index (χ0n) is 11.0. The molecule has 0 fully saturated rings. The van der Waals surface area contributed by atoms with Crippen LogP contribution in [-0.4, -0.2) is 16.4 Å². The molecule has 0 aliphatic rings. The summed E-state index contributed by atoms with van der Waals surface area (Å²) >= 11 is 0. The molecular weight excluding hydrogens is 212 g/mol. The maximum absolute atomic E-state index is 5.81. The average molecular weight is 232 g/mol. The summed E-state index contributed by atoms with van der Waals surface area (Å²) in [6.07, 6.45) is 1.87. The van der Waals surface area contributed by atoms with E-state index in [1.807, 2.05) is 24.0 Å². The molecule has 0 amide bonds. The van der Waals surface area contributed by atoms with Crippen molar-refractivity contribution in [2.75, 3.05) is 6.61 Å². The Balaban J connectivity index is 2.09. The first kappa shape index (κ1) is 12.0. The standard InChI is InChI=1S/C14H20N2O/c1-10(2)11(3)9-17-13-5-6-14-12(7-13)8-15-16(14)4/h5-8,10-11H,9H2,1-4H3. The highest BCUT2D eigenvalue weighted by Gasteiger charge is 2.08. The normalized spacial score (nSPS) is 13.2. The van der Waals surface area contributed by atoms with Crippen molar-refractivity contribution in [2.45, 2.75) is 20.8 Å². The number of aryl methyl sites for hydroxylation is 1. The molecule has 0 aliphatic carbocycles. The first-order valence-electron chi connectivity index (χ1n) is 6.12. The average Bonchev–Trinajstić information content (AvgIpc) is 2.67. The van der Waals surface area contributed by atoms with Gasteiger partial charge in [0.2, 0.25) is 0 Å². The van der Waals surface area contributed by atoms with Gasteiger partial charge in [0.1, 0.15) is 5.75 Å². The molecule has 0 saturated heterocycles. The van der Waals surface area contributed by atoms with Gasteiger partial charge in [-0.2, -0.15) is 5.10 Å². The number of rotatable bonds is 4. The van der Waals surface area contributed by atoms with Crippen molar-refractivity contribution in [3.63, 3.8) is 0 Å². The van der Waals surface area contributed by atoms with Crippen molar-refractivity contribution in [3.05, 3.63) is 24.4 Å². The first-order chi connectivity index (χ1) is 8.08. The van der Waals surface area contributed by atoms with Gasteiger partial charge in [0.25, 0.3) is 0 Å². The highest BCUT2D eigenvalue weighted by Crippen LogP contribution is 2.21. The minimum absolute atomic E-state index is 0.569. The van der Waals surface area contributed by atoms with Gasteiger partial charge in [-0.25, -0.2) is 0 Å². The Morgan fingerprint density at radius 3 is 2.76 bits per heavy atom. The molecule has 1 aromatic carbocycles. The van der Waals surface area contributed by atoms with E-state index in [1.54, 1.807) is 0 Å². The van der Waals surface area contributed by atoms with E-state index in [0.717, 1.165) is 23.3 Å². The van der Waals surface area contributed by atoms with E-state index in [0.29, 0.717) is 11.8 Å². The van der Waals surface area contributed by atoms with Gasteiger partial charge in [-0.1, -0.05) is 20.8 Å². The summed E-state index contributed by atoms with van der Waals surface area (Å²) in [6.45, 7) is 7.42. The predicted octanol–water partition coefficient (Wildman–Crippen LogP) is 3.24. The summed E-state index contributed by atoms with van der Waals surface area (Å²) in [5.41, 5.74) is 1.13. The fourth-order valence-electron chi connectivity index (χ4n) is 1.65. The van der Waals surface area contributed by atoms with Crippen molar-refractivity contribution in [1.29, 1.82) is 0 Å². The molecule has 1 heterocycles. The summed E-state index contributed by atoms with van der Waals surface area (Å²) in [5.74, 6) is 2.15. The highest BCUT2D eigenvalue weighted by molar-refractivity contribution is 5.80. The minimum atomic E-state index is 0.569. The van der Waals surface area contributed by atoms with Gasteiger partial charge >= 0.3 is 0 Å². The van der Waals surface area contributed by atoms with Crippen LogP contribution in [0, 0.1) is 11.8 Å². The number of benzene rings is 1. The number of aromatic nitrogens is 2. The van der Waals surface area contributed by atoms with Crippen LogP contribution in [0.4, 0.5) is 0 Å². The molecule has 2 aromatic rings. The number of hydrogen-bond acceptors (Lipinski definition) is 2. The Morgan fingerprint density at radius 2 is 2.06 bits per heavy atom. The lowest BCUT2D eigenvalue weighted by Gasteiger charge is -2.16. The number of fused-ring (bicyclic) bond motifs is 1. The molecule has 92 valence electrons. The zero-order valence-corrected chi connectivity index (χ0v) is 11.0. The van der Waals surface area contributed by atoms with Crippen LogP contribution in [0.25, 0.3) is 10.9 Å². The van der Waals surface area contributed by atoms with Crippen LogP contribution in [0.3, 0.4) is 0 Å². The Kier molecular flexibility index (Phi) is 3.36. The fraction of sp³-hybridized carbons (Fsp3) is 0.500.